The van der Waals surface area contributed by atoms with Crippen molar-refractivity contribution in [2.75, 3.05) is 39.1 Å². The number of amides is 2. The van der Waals surface area contributed by atoms with Crippen LogP contribution >= 0.6 is 0 Å². The van der Waals surface area contributed by atoms with Crippen molar-refractivity contribution in [2.24, 2.45) is 0 Å². The molecule has 8 nitrogen and oxygen atoms in total. The number of carbonyl (C=O) groups is 2. The first-order valence-electron chi connectivity index (χ1n) is 9.75. The highest BCUT2D eigenvalue weighted by Gasteiger charge is 2.49. The van der Waals surface area contributed by atoms with Crippen LogP contribution in [0.3, 0.4) is 0 Å². The summed E-state index contributed by atoms with van der Waals surface area (Å²) >= 11 is 0. The van der Waals surface area contributed by atoms with Crippen LogP contribution in [0.15, 0.2) is 24.3 Å². The number of nitrogens with zero attached hydrogens (tertiary/aromatic N) is 2. The zero-order chi connectivity index (χ0) is 21.7. The first-order chi connectivity index (χ1) is 13.6. The van der Waals surface area contributed by atoms with Gasteiger partial charge in [-0.15, -0.1) is 0 Å². The fraction of sp³-hybridized carbons (Fsp3) is 0.600. The van der Waals surface area contributed by atoms with Crippen LogP contribution in [0.25, 0.3) is 0 Å². The van der Waals surface area contributed by atoms with Crippen LogP contribution in [-0.2, 0) is 30.9 Å². The molecule has 2 rings (SSSR count). The van der Waals surface area contributed by atoms with Gasteiger partial charge in [-0.2, -0.15) is 4.31 Å². The molecule has 0 spiro atoms. The predicted octanol–water partition coefficient (Wildman–Crippen LogP) is 0.900. The molecule has 0 bridgehead atoms. The smallest absolute Gasteiger partial charge is 0.247 e. The first-order valence-corrected chi connectivity index (χ1v) is 11.6. The van der Waals surface area contributed by atoms with E-state index in [1.165, 1.54) is 4.90 Å². The first kappa shape index (κ1) is 23.3. The SMILES string of the molecule is CCOCCCN1C(=O)CN(S(C)(=O)=O)CC1(C)C(=O)NCc1ccc(C)cc1. The Balaban J connectivity index is 2.18. The zero-order valence-electron chi connectivity index (χ0n) is 17.6. The van der Waals surface area contributed by atoms with Gasteiger partial charge in [-0.05, 0) is 32.8 Å². The fourth-order valence-electron chi connectivity index (χ4n) is 3.34. The van der Waals surface area contributed by atoms with E-state index in [-0.39, 0.29) is 24.9 Å². The molecule has 1 aliphatic rings. The van der Waals surface area contributed by atoms with Gasteiger partial charge in [0.2, 0.25) is 21.8 Å². The number of nitrogens with one attached hydrogen (secondary N) is 1. The molecule has 0 saturated carbocycles. The van der Waals surface area contributed by atoms with Gasteiger partial charge in [0.15, 0.2) is 0 Å². The molecule has 1 aromatic rings. The van der Waals surface area contributed by atoms with E-state index in [0.717, 1.165) is 21.7 Å². The number of rotatable bonds is 9. The Bertz CT molecular complexity index is 825. The monoisotopic (exact) mass is 425 g/mol. The van der Waals surface area contributed by atoms with Gasteiger partial charge in [0.05, 0.1) is 12.8 Å². The van der Waals surface area contributed by atoms with Crippen molar-refractivity contribution in [2.45, 2.75) is 39.3 Å². The Labute approximate surface area is 173 Å². The zero-order valence-corrected chi connectivity index (χ0v) is 18.4. The number of sulfonamides is 1. The van der Waals surface area contributed by atoms with Gasteiger partial charge >= 0.3 is 0 Å². The van der Waals surface area contributed by atoms with Gasteiger partial charge in [-0.25, -0.2) is 8.42 Å². The minimum atomic E-state index is -3.61. The van der Waals surface area contributed by atoms with Crippen LogP contribution in [-0.4, -0.2) is 74.1 Å². The van der Waals surface area contributed by atoms with Crippen LogP contribution in [0, 0.1) is 6.92 Å². The summed E-state index contributed by atoms with van der Waals surface area (Å²) in [7, 11) is -3.61. The maximum Gasteiger partial charge on any atom is 0.247 e. The molecule has 1 unspecified atom stereocenters. The van der Waals surface area contributed by atoms with E-state index in [2.05, 4.69) is 5.32 Å². The molecule has 1 saturated heterocycles. The van der Waals surface area contributed by atoms with Crippen molar-refractivity contribution < 1.29 is 22.7 Å². The van der Waals surface area contributed by atoms with Gasteiger partial charge in [-0.1, -0.05) is 29.8 Å². The molecule has 9 heteroatoms. The lowest BCUT2D eigenvalue weighted by Gasteiger charge is -2.46. The highest BCUT2D eigenvalue weighted by molar-refractivity contribution is 7.88. The van der Waals surface area contributed by atoms with Gasteiger partial charge in [-0.3, -0.25) is 9.59 Å². The van der Waals surface area contributed by atoms with E-state index >= 15 is 0 Å². The number of ether oxygens (including phenoxy) is 1. The van der Waals surface area contributed by atoms with Crippen molar-refractivity contribution in [1.82, 2.24) is 14.5 Å². The molecular weight excluding hydrogens is 394 g/mol. The normalized spacial score (nSPS) is 20.7. The number of aryl methyl sites for hydroxylation is 1. The molecule has 1 fully saturated rings. The molecule has 0 aromatic heterocycles. The van der Waals surface area contributed by atoms with E-state index in [9.17, 15) is 18.0 Å². The van der Waals surface area contributed by atoms with Crippen molar-refractivity contribution in [1.29, 1.82) is 0 Å². The number of hydrogen-bond acceptors (Lipinski definition) is 5. The van der Waals surface area contributed by atoms with Crippen LogP contribution in [0.5, 0.6) is 0 Å². The average Bonchev–Trinajstić information content (AvgIpc) is 2.65. The Hall–Kier alpha value is -1.97. The van der Waals surface area contributed by atoms with E-state index in [1.54, 1.807) is 6.92 Å². The Kier molecular flexibility index (Phi) is 7.79. The second kappa shape index (κ2) is 9.69. The number of piperazine rings is 1. The summed E-state index contributed by atoms with van der Waals surface area (Å²) in [6.07, 6.45) is 1.62. The summed E-state index contributed by atoms with van der Waals surface area (Å²) in [4.78, 5) is 27.3. The average molecular weight is 426 g/mol. The van der Waals surface area contributed by atoms with Crippen LogP contribution in [0.2, 0.25) is 0 Å². The summed E-state index contributed by atoms with van der Waals surface area (Å²) in [6, 6.07) is 7.76. The lowest BCUT2D eigenvalue weighted by atomic mass is 9.95. The van der Waals surface area contributed by atoms with Gasteiger partial charge in [0.25, 0.3) is 0 Å². The molecule has 1 N–H and O–H groups in total. The third-order valence-electron chi connectivity index (χ3n) is 5.10. The molecule has 1 aromatic carbocycles. The predicted molar refractivity (Wildman–Crippen MR) is 111 cm³/mol. The molecule has 0 radical (unpaired) electrons. The van der Waals surface area contributed by atoms with Crippen LogP contribution < -0.4 is 5.32 Å². The Morgan fingerprint density at radius 3 is 2.52 bits per heavy atom. The Morgan fingerprint density at radius 1 is 1.28 bits per heavy atom. The molecular formula is C20H31N3O5S. The van der Waals surface area contributed by atoms with Crippen molar-refractivity contribution in [3.63, 3.8) is 0 Å². The maximum absolute atomic E-state index is 13.1. The highest BCUT2D eigenvalue weighted by atomic mass is 32.2. The third-order valence-corrected chi connectivity index (χ3v) is 6.30. The van der Waals surface area contributed by atoms with E-state index in [0.29, 0.717) is 32.7 Å². The minimum Gasteiger partial charge on any atom is -0.382 e. The van der Waals surface area contributed by atoms with E-state index < -0.39 is 15.6 Å². The van der Waals surface area contributed by atoms with E-state index in [1.807, 2.05) is 38.1 Å². The summed E-state index contributed by atoms with van der Waals surface area (Å²) < 4.78 is 30.5. The molecule has 1 aliphatic heterocycles. The maximum atomic E-state index is 13.1. The number of hydrogen-bond donors (Lipinski definition) is 1. The van der Waals surface area contributed by atoms with Crippen molar-refractivity contribution >= 4 is 21.8 Å². The second-order valence-corrected chi connectivity index (χ2v) is 9.55. The topological polar surface area (TPSA) is 96.0 Å². The van der Waals surface area contributed by atoms with E-state index in [4.69, 9.17) is 4.74 Å². The third kappa shape index (κ3) is 6.01. The molecule has 29 heavy (non-hydrogen) atoms. The quantitative estimate of drug-likeness (QED) is 0.593. The Morgan fingerprint density at radius 2 is 1.93 bits per heavy atom. The number of carbonyl (C=O) groups excluding carboxylic acids is 2. The van der Waals surface area contributed by atoms with Gasteiger partial charge in [0.1, 0.15) is 5.54 Å². The summed E-state index contributed by atoms with van der Waals surface area (Å²) in [5.41, 5.74) is 0.752. The largest absolute Gasteiger partial charge is 0.382 e. The lowest BCUT2D eigenvalue weighted by Crippen LogP contribution is -2.69. The fourth-order valence-corrected chi connectivity index (χ4v) is 4.18. The van der Waals surface area contributed by atoms with Crippen LogP contribution in [0.4, 0.5) is 0 Å². The molecule has 1 heterocycles. The second-order valence-electron chi connectivity index (χ2n) is 7.57. The molecule has 2 amide bonds. The number of benzene rings is 1. The summed E-state index contributed by atoms with van der Waals surface area (Å²) in [5.74, 6) is -0.762. The molecule has 0 aliphatic carbocycles. The highest BCUT2D eigenvalue weighted by Crippen LogP contribution is 2.25. The summed E-state index contributed by atoms with van der Waals surface area (Å²) in [5, 5.41) is 2.87. The standard InChI is InChI=1S/C20H31N3O5S/c1-5-28-12-6-11-23-18(24)14-22(29(4,26)27)15-20(23,3)19(25)21-13-17-9-7-16(2)8-10-17/h7-10H,5-6,11-15H2,1-4H3,(H,21,25). The van der Waals surface area contributed by atoms with Gasteiger partial charge < -0.3 is 15.0 Å². The minimum absolute atomic E-state index is 0.0774. The lowest BCUT2D eigenvalue weighted by molar-refractivity contribution is -0.153. The molecule has 162 valence electrons. The summed E-state index contributed by atoms with van der Waals surface area (Å²) in [6.45, 7) is 6.82. The van der Waals surface area contributed by atoms with Gasteiger partial charge in [0, 0.05) is 32.8 Å². The van der Waals surface area contributed by atoms with Crippen LogP contribution in [0.1, 0.15) is 31.4 Å². The van der Waals surface area contributed by atoms with Crippen molar-refractivity contribution in [3.05, 3.63) is 35.4 Å². The molecule has 1 atom stereocenters. The van der Waals surface area contributed by atoms with Crippen molar-refractivity contribution in [3.8, 4) is 0 Å².